The average molecular weight is 372 g/mol. The number of amides is 4. The lowest BCUT2D eigenvalue weighted by Gasteiger charge is -2.22. The first kappa shape index (κ1) is 19.9. The number of anilines is 1. The molecule has 2 aromatic carbocycles. The van der Waals surface area contributed by atoms with Crippen molar-refractivity contribution in [3.05, 3.63) is 65.5 Å². The van der Waals surface area contributed by atoms with E-state index in [1.165, 1.54) is 17.0 Å². The molecule has 0 aliphatic heterocycles. The highest BCUT2D eigenvalue weighted by Crippen LogP contribution is 2.15. The van der Waals surface area contributed by atoms with Gasteiger partial charge in [-0.1, -0.05) is 30.3 Å². The zero-order valence-electron chi connectivity index (χ0n) is 15.0. The molecular weight excluding hydrogens is 351 g/mol. The van der Waals surface area contributed by atoms with Gasteiger partial charge in [-0.15, -0.1) is 0 Å². The Balaban J connectivity index is 2.11. The molecule has 8 heteroatoms. The molecule has 27 heavy (non-hydrogen) atoms. The molecule has 1 unspecified atom stereocenters. The Bertz CT molecular complexity index is 840. The third-order valence-corrected chi connectivity index (χ3v) is 3.83. The largest absolute Gasteiger partial charge is 0.366 e. The van der Waals surface area contributed by atoms with Crippen LogP contribution in [0.4, 0.5) is 14.9 Å². The fraction of sp³-hybridized carbons (Fsp3) is 0.211. The van der Waals surface area contributed by atoms with Gasteiger partial charge in [0, 0.05) is 26.1 Å². The fourth-order valence-electron chi connectivity index (χ4n) is 2.45. The van der Waals surface area contributed by atoms with E-state index in [-0.39, 0.29) is 23.6 Å². The first-order valence-electron chi connectivity index (χ1n) is 8.20. The average Bonchev–Trinajstić information content (AvgIpc) is 2.62. The molecule has 0 spiro atoms. The second-order valence-corrected chi connectivity index (χ2v) is 6.13. The van der Waals surface area contributed by atoms with E-state index >= 15 is 0 Å². The lowest BCUT2D eigenvalue weighted by atomic mass is 10.1. The van der Waals surface area contributed by atoms with Crippen molar-refractivity contribution >= 4 is 23.5 Å². The quantitative estimate of drug-likeness (QED) is 0.719. The van der Waals surface area contributed by atoms with Crippen molar-refractivity contribution in [2.75, 3.05) is 19.4 Å². The number of hydrogen-bond acceptors (Lipinski definition) is 3. The molecule has 0 fully saturated rings. The molecule has 0 bridgehead atoms. The summed E-state index contributed by atoms with van der Waals surface area (Å²) < 4.78 is 14.0. The number of benzene rings is 2. The lowest BCUT2D eigenvalue weighted by Crippen LogP contribution is -2.48. The van der Waals surface area contributed by atoms with Crippen LogP contribution < -0.4 is 16.4 Å². The number of nitrogens with zero attached hydrogens (tertiary/aromatic N) is 1. The molecule has 1 atom stereocenters. The minimum absolute atomic E-state index is 0.0109. The van der Waals surface area contributed by atoms with Gasteiger partial charge in [0.1, 0.15) is 11.9 Å². The van der Waals surface area contributed by atoms with Crippen molar-refractivity contribution in [3.8, 4) is 0 Å². The number of nitrogens with one attached hydrogen (secondary N) is 2. The van der Waals surface area contributed by atoms with Crippen molar-refractivity contribution < 1.29 is 18.8 Å². The van der Waals surface area contributed by atoms with E-state index in [4.69, 9.17) is 5.73 Å². The van der Waals surface area contributed by atoms with Gasteiger partial charge < -0.3 is 21.3 Å². The van der Waals surface area contributed by atoms with Crippen LogP contribution in [0.3, 0.4) is 0 Å². The Kier molecular flexibility index (Phi) is 6.48. The van der Waals surface area contributed by atoms with Crippen molar-refractivity contribution in [1.82, 2.24) is 10.2 Å². The maximum Gasteiger partial charge on any atom is 0.319 e. The number of likely N-dealkylation sites (N-methyl/N-ethyl adjacent to an activating group) is 1. The summed E-state index contributed by atoms with van der Waals surface area (Å²) in [7, 11) is 3.17. The summed E-state index contributed by atoms with van der Waals surface area (Å²) in [6.07, 6.45) is 0.286. The molecule has 0 saturated carbocycles. The number of hydrogen-bond donors (Lipinski definition) is 3. The first-order valence-corrected chi connectivity index (χ1v) is 8.20. The van der Waals surface area contributed by atoms with Crippen molar-refractivity contribution in [1.29, 1.82) is 0 Å². The molecule has 0 saturated heterocycles. The normalized spacial score (nSPS) is 11.4. The molecule has 0 aliphatic rings. The van der Waals surface area contributed by atoms with E-state index in [2.05, 4.69) is 10.6 Å². The van der Waals surface area contributed by atoms with Crippen LogP contribution in [0.1, 0.15) is 15.9 Å². The molecule has 0 aromatic heterocycles. The monoisotopic (exact) mass is 372 g/mol. The van der Waals surface area contributed by atoms with Crippen LogP contribution in [-0.2, 0) is 11.2 Å². The van der Waals surface area contributed by atoms with Crippen molar-refractivity contribution in [2.24, 2.45) is 5.73 Å². The van der Waals surface area contributed by atoms with Crippen molar-refractivity contribution in [2.45, 2.75) is 12.5 Å². The van der Waals surface area contributed by atoms with Gasteiger partial charge in [0.05, 0.1) is 5.69 Å². The predicted molar refractivity (Wildman–Crippen MR) is 99.7 cm³/mol. The van der Waals surface area contributed by atoms with Crippen LogP contribution in [0.2, 0.25) is 0 Å². The molecule has 2 aromatic rings. The second kappa shape index (κ2) is 8.79. The highest BCUT2D eigenvalue weighted by Gasteiger charge is 2.23. The third-order valence-electron chi connectivity index (χ3n) is 3.83. The van der Waals surface area contributed by atoms with Crippen molar-refractivity contribution in [3.63, 3.8) is 0 Å². The van der Waals surface area contributed by atoms with Crippen LogP contribution in [0.25, 0.3) is 0 Å². The van der Waals surface area contributed by atoms with Gasteiger partial charge in [0.25, 0.3) is 0 Å². The van der Waals surface area contributed by atoms with E-state index in [1.807, 2.05) is 30.3 Å². The summed E-state index contributed by atoms with van der Waals surface area (Å²) in [5.74, 6) is -1.87. The molecule has 2 rings (SSSR count). The second-order valence-electron chi connectivity index (χ2n) is 6.13. The van der Waals surface area contributed by atoms with Gasteiger partial charge in [0.15, 0.2) is 0 Å². The zero-order valence-corrected chi connectivity index (χ0v) is 15.0. The number of nitrogens with two attached hydrogens (primary N) is 1. The van der Waals surface area contributed by atoms with Crippen LogP contribution in [0.15, 0.2) is 48.5 Å². The number of carbonyl (C=O) groups is 3. The first-order chi connectivity index (χ1) is 12.8. The Hall–Kier alpha value is -3.42. The maximum atomic E-state index is 14.0. The smallest absolute Gasteiger partial charge is 0.319 e. The Morgan fingerprint density at radius 1 is 1.11 bits per heavy atom. The lowest BCUT2D eigenvalue weighted by molar-refractivity contribution is -0.130. The van der Waals surface area contributed by atoms with Crippen LogP contribution in [-0.4, -0.2) is 42.9 Å². The highest BCUT2D eigenvalue weighted by atomic mass is 19.1. The van der Waals surface area contributed by atoms with Gasteiger partial charge in [-0.25, -0.2) is 9.18 Å². The molecule has 0 heterocycles. The standard InChI is InChI=1S/C19H21FN4O3/c1-24(2)18(26)16(10-12-6-4-3-5-7-12)23-19(27)22-15-9-8-13(17(21)25)11-14(15)20/h3-9,11,16H,10H2,1-2H3,(H2,21,25)(H2,22,23,27). The summed E-state index contributed by atoms with van der Waals surface area (Å²) in [6, 6.07) is 11.1. The summed E-state index contributed by atoms with van der Waals surface area (Å²) in [5.41, 5.74) is 5.82. The predicted octanol–water partition coefficient (Wildman–Crippen LogP) is 1.75. The Labute approximate surface area is 156 Å². The number of urea groups is 1. The molecule has 0 radical (unpaired) electrons. The summed E-state index contributed by atoms with van der Waals surface area (Å²) >= 11 is 0. The zero-order chi connectivity index (χ0) is 20.0. The number of halogens is 1. The van der Waals surface area contributed by atoms with Gasteiger partial charge >= 0.3 is 6.03 Å². The minimum Gasteiger partial charge on any atom is -0.366 e. The molecule has 7 nitrogen and oxygen atoms in total. The topological polar surface area (TPSA) is 105 Å². The van der Waals surface area contributed by atoms with Gasteiger partial charge in [-0.3, -0.25) is 9.59 Å². The van der Waals surface area contributed by atoms with E-state index in [1.54, 1.807) is 14.1 Å². The number of rotatable bonds is 6. The fourth-order valence-corrected chi connectivity index (χ4v) is 2.45. The molecule has 142 valence electrons. The number of primary amides is 1. The van der Waals surface area contributed by atoms with Crippen LogP contribution in [0, 0.1) is 5.82 Å². The SMILES string of the molecule is CN(C)C(=O)C(Cc1ccccc1)NC(=O)Nc1ccc(C(N)=O)cc1F. The maximum absolute atomic E-state index is 14.0. The molecule has 0 aliphatic carbocycles. The Morgan fingerprint density at radius 2 is 1.78 bits per heavy atom. The molecular formula is C19H21FN4O3. The summed E-state index contributed by atoms with van der Waals surface area (Å²) in [4.78, 5) is 37.1. The van der Waals surface area contributed by atoms with Crippen LogP contribution in [0.5, 0.6) is 0 Å². The van der Waals surface area contributed by atoms with Gasteiger partial charge in [-0.2, -0.15) is 0 Å². The molecule has 4 amide bonds. The summed E-state index contributed by atoms with van der Waals surface area (Å²) in [6.45, 7) is 0. The van der Waals surface area contributed by atoms with E-state index < -0.39 is 23.8 Å². The Morgan fingerprint density at radius 3 is 2.33 bits per heavy atom. The number of carbonyl (C=O) groups excluding carboxylic acids is 3. The van der Waals surface area contributed by atoms with Crippen LogP contribution >= 0.6 is 0 Å². The highest BCUT2D eigenvalue weighted by molar-refractivity contribution is 5.96. The molecule has 4 N–H and O–H groups in total. The van der Waals surface area contributed by atoms with Gasteiger partial charge in [0.2, 0.25) is 11.8 Å². The van der Waals surface area contributed by atoms with E-state index in [0.717, 1.165) is 11.6 Å². The third kappa shape index (κ3) is 5.53. The van der Waals surface area contributed by atoms with E-state index in [9.17, 15) is 18.8 Å². The summed E-state index contributed by atoms with van der Waals surface area (Å²) in [5, 5.41) is 4.90. The van der Waals surface area contributed by atoms with E-state index in [0.29, 0.717) is 0 Å². The minimum atomic E-state index is -0.824. The van der Waals surface area contributed by atoms with Gasteiger partial charge in [-0.05, 0) is 23.8 Å².